The van der Waals surface area contributed by atoms with Gasteiger partial charge >= 0.3 is 7.32 Å². The first-order valence-electron chi connectivity index (χ1n) is 7.75. The Morgan fingerprint density at radius 2 is 1.96 bits per heavy atom. The van der Waals surface area contributed by atoms with Crippen LogP contribution in [0.5, 0.6) is 0 Å². The number of nitrogens with two attached hydrogens (primary N) is 1. The highest BCUT2D eigenvalue weighted by molar-refractivity contribution is 6.32. The molecule has 1 aromatic heterocycles. The number of hydrogen-bond acceptors (Lipinski definition) is 7. The Labute approximate surface area is 157 Å². The molecule has 0 aliphatic carbocycles. The lowest BCUT2D eigenvalue weighted by atomic mass is 10.1. The number of unbranched alkanes of at least 4 members (excludes halogenated alkanes) is 1. The minimum atomic E-state index is -1.73. The van der Waals surface area contributed by atoms with Crippen molar-refractivity contribution in [2.75, 3.05) is 6.61 Å². The van der Waals surface area contributed by atoms with E-state index in [9.17, 15) is 0 Å². The normalized spacial score (nSPS) is 13.2. The van der Waals surface area contributed by atoms with Gasteiger partial charge in [0.1, 0.15) is 0 Å². The second-order valence-electron chi connectivity index (χ2n) is 5.51. The van der Waals surface area contributed by atoms with Crippen LogP contribution in [0.3, 0.4) is 0 Å². The minimum absolute atomic E-state index is 0. The molecule has 0 saturated heterocycles. The molecule has 0 aliphatic rings. The van der Waals surface area contributed by atoms with Gasteiger partial charge in [-0.15, -0.1) is 17.5 Å². The van der Waals surface area contributed by atoms with Crippen LogP contribution in [0.4, 0.5) is 0 Å². The number of rotatable bonds is 9. The van der Waals surface area contributed by atoms with E-state index >= 15 is 0 Å². The maximum atomic E-state index is 8.60. The van der Waals surface area contributed by atoms with Crippen molar-refractivity contribution >= 4 is 31.3 Å². The van der Waals surface area contributed by atoms with Gasteiger partial charge in [-0.25, -0.2) is 4.68 Å². The van der Waals surface area contributed by atoms with Crippen LogP contribution in [0, 0.1) is 0 Å². The number of aromatic nitrogens is 4. The summed E-state index contributed by atoms with van der Waals surface area (Å²) in [4.78, 5) is 0. The van der Waals surface area contributed by atoms with Gasteiger partial charge in [-0.1, -0.05) is 23.7 Å². The highest BCUT2D eigenvalue weighted by atomic mass is 35.5. The number of nitrogens with zero attached hydrogens (tertiary/aromatic N) is 4. The number of tetrazole rings is 1. The summed E-state index contributed by atoms with van der Waals surface area (Å²) in [7, 11) is -1.73. The Morgan fingerprint density at radius 3 is 2.60 bits per heavy atom. The molecule has 1 aromatic carbocycles. The zero-order valence-electron chi connectivity index (χ0n) is 13.8. The largest absolute Gasteiger partial charge is 0.633 e. The Bertz CT molecular complexity index is 629. The van der Waals surface area contributed by atoms with E-state index in [2.05, 4.69) is 20.2 Å². The van der Waals surface area contributed by atoms with Gasteiger partial charge in [0.05, 0.1) is 12.1 Å². The van der Waals surface area contributed by atoms with E-state index in [1.807, 2.05) is 31.2 Å². The maximum Gasteiger partial charge on any atom is 0.633 e. The van der Waals surface area contributed by atoms with Gasteiger partial charge < -0.3 is 20.4 Å². The summed E-state index contributed by atoms with van der Waals surface area (Å²) in [5, 5.41) is 29.7. The quantitative estimate of drug-likeness (QED) is 0.439. The van der Waals surface area contributed by atoms with E-state index in [0.29, 0.717) is 23.7 Å². The maximum absolute atomic E-state index is 8.60. The van der Waals surface area contributed by atoms with E-state index in [1.165, 1.54) is 0 Å². The number of benzene rings is 1. The molecule has 0 aliphatic heterocycles. The molecule has 1 unspecified atom stereocenters. The molecular formula is C14H22BCl2N5O3. The van der Waals surface area contributed by atoms with Crippen molar-refractivity contribution in [1.29, 1.82) is 0 Å². The van der Waals surface area contributed by atoms with Crippen LogP contribution in [0.2, 0.25) is 5.02 Å². The molecule has 11 heteroatoms. The fourth-order valence-corrected chi connectivity index (χ4v) is 2.51. The molecule has 0 saturated carbocycles. The van der Waals surface area contributed by atoms with Crippen LogP contribution in [0.1, 0.15) is 49.7 Å². The molecule has 0 bridgehead atoms. The standard InChI is InChI=1S/C14H21BClN5O3.ClH/c1-10(11-5-7-12(16)8-6-11)21-14(18-19-20-21)13(17)4-2-3-9-24-15(22)23;/h5-8,10,13,22-23H,2-4,9,17H2,1H3;1H/t10-,13?;/m0./s1. The zero-order valence-corrected chi connectivity index (χ0v) is 15.4. The number of hydrogen-bond donors (Lipinski definition) is 3. The van der Waals surface area contributed by atoms with Crippen molar-refractivity contribution in [1.82, 2.24) is 20.2 Å². The molecule has 2 aromatic rings. The van der Waals surface area contributed by atoms with Crippen molar-refractivity contribution in [3.8, 4) is 0 Å². The first-order valence-corrected chi connectivity index (χ1v) is 8.13. The third kappa shape index (κ3) is 6.54. The van der Waals surface area contributed by atoms with Gasteiger partial charge in [0.25, 0.3) is 0 Å². The Morgan fingerprint density at radius 1 is 1.28 bits per heavy atom. The van der Waals surface area contributed by atoms with Crippen molar-refractivity contribution < 1.29 is 14.7 Å². The van der Waals surface area contributed by atoms with Gasteiger partial charge in [0, 0.05) is 11.6 Å². The molecular weight excluding hydrogens is 368 g/mol. The fourth-order valence-electron chi connectivity index (χ4n) is 2.39. The van der Waals surface area contributed by atoms with Crippen molar-refractivity contribution in [3.05, 3.63) is 40.7 Å². The highest BCUT2D eigenvalue weighted by Crippen LogP contribution is 2.23. The van der Waals surface area contributed by atoms with Gasteiger partial charge in [0.15, 0.2) is 5.82 Å². The lowest BCUT2D eigenvalue weighted by Crippen LogP contribution is -2.21. The summed E-state index contributed by atoms with van der Waals surface area (Å²) < 4.78 is 6.37. The fraction of sp³-hybridized carbons (Fsp3) is 0.500. The van der Waals surface area contributed by atoms with Crippen LogP contribution in [0.15, 0.2) is 24.3 Å². The number of halogens is 2. The van der Waals surface area contributed by atoms with Crippen molar-refractivity contribution in [2.45, 2.75) is 38.3 Å². The van der Waals surface area contributed by atoms with Crippen LogP contribution < -0.4 is 5.73 Å². The molecule has 138 valence electrons. The molecule has 4 N–H and O–H groups in total. The summed E-state index contributed by atoms with van der Waals surface area (Å²) in [5.74, 6) is 0.612. The summed E-state index contributed by atoms with van der Waals surface area (Å²) in [6, 6.07) is 7.14. The Kier molecular flexibility index (Phi) is 9.33. The molecule has 2 rings (SSSR count). The lowest BCUT2D eigenvalue weighted by Gasteiger charge is -2.17. The van der Waals surface area contributed by atoms with E-state index in [1.54, 1.807) is 4.68 Å². The summed E-state index contributed by atoms with van der Waals surface area (Å²) in [6.45, 7) is 2.25. The summed E-state index contributed by atoms with van der Waals surface area (Å²) in [6.07, 6.45) is 2.09. The molecule has 0 spiro atoms. The molecule has 1 heterocycles. The highest BCUT2D eigenvalue weighted by Gasteiger charge is 2.20. The van der Waals surface area contributed by atoms with Crippen LogP contribution in [0.25, 0.3) is 0 Å². The molecule has 0 fully saturated rings. The lowest BCUT2D eigenvalue weighted by molar-refractivity contribution is 0.181. The predicted molar refractivity (Wildman–Crippen MR) is 97.3 cm³/mol. The third-order valence-electron chi connectivity index (χ3n) is 3.75. The van der Waals surface area contributed by atoms with Crippen LogP contribution in [-0.4, -0.2) is 44.2 Å². The Hall–Kier alpha value is -1.23. The average molecular weight is 390 g/mol. The zero-order chi connectivity index (χ0) is 17.5. The molecule has 2 atom stereocenters. The van der Waals surface area contributed by atoms with Crippen molar-refractivity contribution in [3.63, 3.8) is 0 Å². The molecule has 25 heavy (non-hydrogen) atoms. The second kappa shape index (κ2) is 10.7. The SMILES string of the molecule is C[C@@H](c1ccc(Cl)cc1)n1nnnc1C(N)CCCCOB(O)O.Cl. The average Bonchev–Trinajstić information content (AvgIpc) is 3.03. The molecule has 8 nitrogen and oxygen atoms in total. The first-order chi connectivity index (χ1) is 11.5. The van der Waals surface area contributed by atoms with E-state index in [0.717, 1.165) is 12.0 Å². The Balaban J connectivity index is 0.00000312. The van der Waals surface area contributed by atoms with Gasteiger partial charge in [-0.3, -0.25) is 0 Å². The van der Waals surface area contributed by atoms with Gasteiger partial charge in [0.2, 0.25) is 0 Å². The predicted octanol–water partition coefficient (Wildman–Crippen LogP) is 1.51. The second-order valence-corrected chi connectivity index (χ2v) is 5.94. The van der Waals surface area contributed by atoms with E-state index in [4.69, 9.17) is 27.4 Å². The van der Waals surface area contributed by atoms with Crippen molar-refractivity contribution in [2.24, 2.45) is 5.73 Å². The topological polar surface area (TPSA) is 119 Å². The van der Waals surface area contributed by atoms with E-state index < -0.39 is 7.32 Å². The first kappa shape index (κ1) is 21.8. The smallest absolute Gasteiger partial charge is 0.402 e. The summed E-state index contributed by atoms with van der Waals surface area (Å²) >= 11 is 5.92. The molecule has 0 amide bonds. The molecule has 0 radical (unpaired) electrons. The van der Waals surface area contributed by atoms with Crippen LogP contribution in [-0.2, 0) is 4.65 Å². The van der Waals surface area contributed by atoms with Gasteiger partial charge in [-0.2, -0.15) is 0 Å². The minimum Gasteiger partial charge on any atom is -0.402 e. The monoisotopic (exact) mass is 389 g/mol. The van der Waals surface area contributed by atoms with Crippen LogP contribution >= 0.6 is 24.0 Å². The van der Waals surface area contributed by atoms with Gasteiger partial charge in [-0.05, 0) is 54.3 Å². The third-order valence-corrected chi connectivity index (χ3v) is 4.00. The summed E-state index contributed by atoms with van der Waals surface area (Å²) in [5.41, 5.74) is 7.23. The van der Waals surface area contributed by atoms with E-state index in [-0.39, 0.29) is 31.1 Å².